The normalized spacial score (nSPS) is 9.87. The molecule has 0 radical (unpaired) electrons. The lowest BCUT2D eigenvalue weighted by Crippen LogP contribution is -2.09. The van der Waals surface area contributed by atoms with Gasteiger partial charge < -0.3 is 11.1 Å². The third-order valence-electron chi connectivity index (χ3n) is 1.89. The lowest BCUT2D eigenvalue weighted by Gasteiger charge is -2.00. The van der Waals surface area contributed by atoms with E-state index in [1.807, 2.05) is 30.3 Å². The topological polar surface area (TPSA) is 66.7 Å². The van der Waals surface area contributed by atoms with Gasteiger partial charge in [-0.25, -0.2) is 0 Å². The predicted octanol–water partition coefficient (Wildman–Crippen LogP) is 1.79. The number of hydrogen-bond acceptors (Lipinski definition) is 3. The molecule has 0 saturated carbocycles. The van der Waals surface area contributed by atoms with E-state index >= 15 is 0 Å². The molecular formula is C10H10N4S. The molecule has 0 saturated heterocycles. The van der Waals surface area contributed by atoms with E-state index in [9.17, 15) is 0 Å². The summed E-state index contributed by atoms with van der Waals surface area (Å²) < 4.78 is 0. The van der Waals surface area contributed by atoms with Gasteiger partial charge in [-0.1, -0.05) is 30.4 Å². The van der Waals surface area contributed by atoms with Crippen molar-refractivity contribution in [1.82, 2.24) is 10.2 Å². The van der Waals surface area contributed by atoms with Crippen molar-refractivity contribution in [2.24, 2.45) is 5.73 Å². The molecule has 2 aromatic rings. The maximum atomic E-state index is 5.45. The molecule has 15 heavy (non-hydrogen) atoms. The van der Waals surface area contributed by atoms with Crippen molar-refractivity contribution in [1.29, 1.82) is 0 Å². The van der Waals surface area contributed by atoms with Gasteiger partial charge in [0.2, 0.25) is 0 Å². The van der Waals surface area contributed by atoms with Crippen LogP contribution >= 0.6 is 12.2 Å². The average molecular weight is 218 g/mol. The molecule has 0 aliphatic heterocycles. The van der Waals surface area contributed by atoms with Gasteiger partial charge in [-0.15, -0.1) is 0 Å². The van der Waals surface area contributed by atoms with Crippen LogP contribution in [-0.2, 0) is 0 Å². The number of aromatic amines is 1. The Morgan fingerprint density at radius 1 is 1.33 bits per heavy atom. The van der Waals surface area contributed by atoms with Crippen molar-refractivity contribution in [2.45, 2.75) is 0 Å². The van der Waals surface area contributed by atoms with Crippen molar-refractivity contribution >= 4 is 28.7 Å². The van der Waals surface area contributed by atoms with Gasteiger partial charge in [-0.3, -0.25) is 5.10 Å². The number of benzene rings is 1. The van der Waals surface area contributed by atoms with Crippen LogP contribution < -0.4 is 11.1 Å². The highest BCUT2D eigenvalue weighted by Crippen LogP contribution is 2.13. The van der Waals surface area contributed by atoms with E-state index in [-0.39, 0.29) is 0 Å². The number of rotatable bonds is 3. The zero-order valence-electron chi connectivity index (χ0n) is 7.90. The molecule has 1 aromatic carbocycles. The quantitative estimate of drug-likeness (QED) is 0.687. The molecule has 2 rings (SSSR count). The van der Waals surface area contributed by atoms with Crippen LogP contribution in [0.1, 0.15) is 5.69 Å². The summed E-state index contributed by atoms with van der Waals surface area (Å²) in [5.41, 5.74) is 7.08. The standard InChI is InChI=1S/C10H10N4S/c11-10(15)8-6-9(14-13-8)12-7-4-2-1-3-5-7/h1-6H,(H2,11,15)(H2,12,13,14). The fourth-order valence-electron chi connectivity index (χ4n) is 1.18. The summed E-state index contributed by atoms with van der Waals surface area (Å²) in [6.45, 7) is 0. The number of thiocarbonyl (C=S) groups is 1. The first-order chi connectivity index (χ1) is 7.25. The SMILES string of the molecule is NC(=S)c1cc(Nc2ccccc2)n[nH]1. The van der Waals surface area contributed by atoms with Crippen molar-refractivity contribution < 1.29 is 0 Å². The van der Waals surface area contributed by atoms with Gasteiger partial charge >= 0.3 is 0 Å². The number of aromatic nitrogens is 2. The maximum absolute atomic E-state index is 5.45. The Morgan fingerprint density at radius 2 is 2.07 bits per heavy atom. The summed E-state index contributed by atoms with van der Waals surface area (Å²) in [6.07, 6.45) is 0. The van der Waals surface area contributed by atoms with Crippen LogP contribution in [0.4, 0.5) is 11.5 Å². The van der Waals surface area contributed by atoms with Gasteiger partial charge in [-0.2, -0.15) is 5.10 Å². The maximum Gasteiger partial charge on any atom is 0.152 e. The highest BCUT2D eigenvalue weighted by molar-refractivity contribution is 7.80. The molecule has 76 valence electrons. The molecule has 4 nitrogen and oxygen atoms in total. The summed E-state index contributed by atoms with van der Waals surface area (Å²) >= 11 is 4.82. The Kier molecular flexibility index (Phi) is 2.64. The zero-order valence-corrected chi connectivity index (χ0v) is 8.71. The van der Waals surface area contributed by atoms with E-state index in [2.05, 4.69) is 15.5 Å². The Labute approximate surface area is 92.5 Å². The van der Waals surface area contributed by atoms with E-state index in [0.717, 1.165) is 5.69 Å². The van der Waals surface area contributed by atoms with Gasteiger partial charge in [0.1, 0.15) is 4.99 Å². The number of H-pyrrole nitrogens is 1. The Hall–Kier alpha value is -1.88. The molecule has 0 atom stereocenters. The number of hydrogen-bond donors (Lipinski definition) is 3. The summed E-state index contributed by atoms with van der Waals surface area (Å²) in [5, 5.41) is 9.90. The van der Waals surface area contributed by atoms with Gasteiger partial charge in [-0.05, 0) is 12.1 Å². The van der Waals surface area contributed by atoms with Crippen molar-refractivity contribution in [3.05, 3.63) is 42.1 Å². The molecule has 4 N–H and O–H groups in total. The largest absolute Gasteiger partial charge is 0.388 e. The first-order valence-electron chi connectivity index (χ1n) is 4.43. The minimum absolute atomic E-state index is 0.309. The van der Waals surface area contributed by atoms with E-state index in [1.165, 1.54) is 0 Å². The number of anilines is 2. The second-order valence-corrected chi connectivity index (χ2v) is 3.46. The second-order valence-electron chi connectivity index (χ2n) is 3.02. The first kappa shape index (κ1) is 9.67. The molecule has 0 bridgehead atoms. The average Bonchev–Trinajstić information content (AvgIpc) is 2.68. The molecule has 0 aliphatic carbocycles. The van der Waals surface area contributed by atoms with E-state index < -0.39 is 0 Å². The second kappa shape index (κ2) is 4.10. The fraction of sp³-hybridized carbons (Fsp3) is 0. The van der Waals surface area contributed by atoms with Crippen molar-refractivity contribution in [3.8, 4) is 0 Å². The van der Waals surface area contributed by atoms with Crippen LogP contribution in [0.2, 0.25) is 0 Å². The number of nitrogens with one attached hydrogen (secondary N) is 2. The molecule has 0 fully saturated rings. The van der Waals surface area contributed by atoms with E-state index in [1.54, 1.807) is 6.07 Å². The zero-order chi connectivity index (χ0) is 10.7. The highest BCUT2D eigenvalue weighted by atomic mass is 32.1. The third-order valence-corrected chi connectivity index (χ3v) is 2.11. The van der Waals surface area contributed by atoms with Gasteiger partial charge in [0.25, 0.3) is 0 Å². The highest BCUT2D eigenvalue weighted by Gasteiger charge is 2.02. The Bertz CT molecular complexity index is 463. The molecule has 5 heteroatoms. The van der Waals surface area contributed by atoms with Gasteiger partial charge in [0.15, 0.2) is 5.82 Å². The summed E-state index contributed by atoms with van der Waals surface area (Å²) in [6, 6.07) is 11.5. The van der Waals surface area contributed by atoms with Gasteiger partial charge in [0.05, 0.1) is 5.69 Å². The van der Waals surface area contributed by atoms with Crippen LogP contribution in [0.25, 0.3) is 0 Å². The lowest BCUT2D eigenvalue weighted by molar-refractivity contribution is 1.08. The van der Waals surface area contributed by atoms with E-state index in [4.69, 9.17) is 18.0 Å². The summed E-state index contributed by atoms with van der Waals surface area (Å²) in [5.74, 6) is 0.698. The third kappa shape index (κ3) is 2.32. The van der Waals surface area contributed by atoms with Crippen molar-refractivity contribution in [3.63, 3.8) is 0 Å². The molecular weight excluding hydrogens is 208 g/mol. The number of nitrogens with zero attached hydrogens (tertiary/aromatic N) is 1. The van der Waals surface area contributed by atoms with Crippen LogP contribution in [0.5, 0.6) is 0 Å². The molecule has 1 aromatic heterocycles. The number of para-hydroxylation sites is 1. The monoisotopic (exact) mass is 218 g/mol. The first-order valence-corrected chi connectivity index (χ1v) is 4.84. The molecule has 0 unspecified atom stereocenters. The van der Waals surface area contributed by atoms with Crippen LogP contribution in [0.3, 0.4) is 0 Å². The summed E-state index contributed by atoms with van der Waals surface area (Å²) in [4.78, 5) is 0.309. The van der Waals surface area contributed by atoms with Crippen molar-refractivity contribution in [2.75, 3.05) is 5.32 Å². The van der Waals surface area contributed by atoms with Crippen LogP contribution in [-0.4, -0.2) is 15.2 Å². The minimum Gasteiger partial charge on any atom is -0.388 e. The van der Waals surface area contributed by atoms with Crippen LogP contribution in [0, 0.1) is 0 Å². The minimum atomic E-state index is 0.309. The Balaban J connectivity index is 2.15. The smallest absolute Gasteiger partial charge is 0.152 e. The molecule has 0 amide bonds. The molecule has 1 heterocycles. The molecule has 0 spiro atoms. The van der Waals surface area contributed by atoms with Crippen LogP contribution in [0.15, 0.2) is 36.4 Å². The van der Waals surface area contributed by atoms with Gasteiger partial charge in [0, 0.05) is 11.8 Å². The Morgan fingerprint density at radius 3 is 2.67 bits per heavy atom. The lowest BCUT2D eigenvalue weighted by atomic mass is 10.3. The number of nitrogens with two attached hydrogens (primary N) is 1. The van der Waals surface area contributed by atoms with E-state index in [0.29, 0.717) is 16.5 Å². The summed E-state index contributed by atoms with van der Waals surface area (Å²) in [7, 11) is 0. The molecule has 0 aliphatic rings. The fourth-order valence-corrected chi connectivity index (χ4v) is 1.29. The predicted molar refractivity (Wildman–Crippen MR) is 64.2 cm³/mol.